The molecule has 0 radical (unpaired) electrons. The number of alkyl halides is 2. The van der Waals surface area contributed by atoms with Gasteiger partial charge in [0.25, 0.3) is 0 Å². The summed E-state index contributed by atoms with van der Waals surface area (Å²) in [7, 11) is 0. The zero-order chi connectivity index (χ0) is 13.2. The highest BCUT2D eigenvalue weighted by Crippen LogP contribution is 2.60. The Balaban J connectivity index is 1.92. The summed E-state index contributed by atoms with van der Waals surface area (Å²) in [6.45, 7) is -0.510. The second kappa shape index (κ2) is 4.03. The number of nitrogens with zero attached hydrogens (tertiary/aromatic N) is 1. The first-order valence-corrected chi connectivity index (χ1v) is 7.61. The van der Waals surface area contributed by atoms with Crippen LogP contribution in [0.2, 0.25) is 0 Å². The number of amides is 2. The minimum atomic E-state index is -1.14. The fourth-order valence-corrected chi connectivity index (χ4v) is 5.58. The molecule has 6 atom stereocenters. The van der Waals surface area contributed by atoms with E-state index in [0.717, 1.165) is 11.3 Å². The molecule has 3 aliphatic rings. The molecule has 1 saturated heterocycles. The van der Waals surface area contributed by atoms with Gasteiger partial charge in [-0.15, -0.1) is 0 Å². The third-order valence-electron chi connectivity index (χ3n) is 4.37. The number of carbonyl (C=O) groups is 3. The van der Waals surface area contributed by atoms with E-state index in [1.165, 1.54) is 0 Å². The van der Waals surface area contributed by atoms with E-state index in [1.807, 2.05) is 0 Å². The lowest BCUT2D eigenvalue weighted by molar-refractivity contribution is -0.149. The maximum atomic E-state index is 12.2. The van der Waals surface area contributed by atoms with E-state index < -0.39 is 12.5 Å². The van der Waals surface area contributed by atoms with Crippen LogP contribution in [0.15, 0.2) is 0 Å². The molecule has 0 spiro atoms. The summed E-state index contributed by atoms with van der Waals surface area (Å²) in [5, 5.41) is 8.76. The zero-order valence-corrected chi connectivity index (χ0v) is 12.4. The first-order chi connectivity index (χ1) is 8.43. The van der Waals surface area contributed by atoms with Gasteiger partial charge in [-0.2, -0.15) is 0 Å². The highest BCUT2D eigenvalue weighted by Gasteiger charge is 2.66. The molecule has 2 bridgehead atoms. The van der Waals surface area contributed by atoms with Crippen LogP contribution in [0.3, 0.4) is 0 Å². The number of hydrogen-bond donors (Lipinski definition) is 1. The summed E-state index contributed by atoms with van der Waals surface area (Å²) in [4.78, 5) is 36.4. The first kappa shape index (κ1) is 12.6. The maximum Gasteiger partial charge on any atom is 0.323 e. The zero-order valence-electron chi connectivity index (χ0n) is 9.25. The van der Waals surface area contributed by atoms with Gasteiger partial charge in [0.2, 0.25) is 11.8 Å². The smallest absolute Gasteiger partial charge is 0.323 e. The van der Waals surface area contributed by atoms with Crippen molar-refractivity contribution in [2.45, 2.75) is 16.1 Å². The van der Waals surface area contributed by atoms with E-state index in [9.17, 15) is 14.4 Å². The number of rotatable bonds is 2. The number of aliphatic carboxylic acids is 1. The molecule has 0 unspecified atom stereocenters. The van der Waals surface area contributed by atoms with E-state index in [2.05, 4.69) is 31.9 Å². The highest BCUT2D eigenvalue weighted by molar-refractivity contribution is 9.12. The van der Waals surface area contributed by atoms with E-state index in [-0.39, 0.29) is 45.1 Å². The van der Waals surface area contributed by atoms with Crippen LogP contribution in [0.25, 0.3) is 0 Å². The standard InChI is InChI=1S/C11H11Br2NO4/c12-8-3-1-4(9(8)13)7-6(3)10(17)14(11(7)18)2-5(15)16/h3-4,6-9H,1-2H2,(H,15,16)/t3-,4-,6-,7+,8-,9-/m1/s1. The van der Waals surface area contributed by atoms with E-state index in [4.69, 9.17) is 5.11 Å². The molecule has 0 aromatic rings. The SMILES string of the molecule is O=C(O)CN1C(=O)[C@@H]2[C@H]3C[C@@H]([C@@H](Br)[C@@H]3Br)[C@@H]2C1=O. The van der Waals surface area contributed by atoms with Crippen LogP contribution in [0.5, 0.6) is 0 Å². The van der Waals surface area contributed by atoms with Crippen molar-refractivity contribution in [2.24, 2.45) is 23.7 Å². The predicted octanol–water partition coefficient (Wildman–Crippen LogP) is 0.849. The van der Waals surface area contributed by atoms with Crippen molar-refractivity contribution < 1.29 is 19.5 Å². The topological polar surface area (TPSA) is 74.7 Å². The molecule has 18 heavy (non-hydrogen) atoms. The van der Waals surface area contributed by atoms with Gasteiger partial charge in [-0.25, -0.2) is 0 Å². The molecule has 7 heteroatoms. The summed E-state index contributed by atoms with van der Waals surface area (Å²) in [6, 6.07) is 0. The summed E-state index contributed by atoms with van der Waals surface area (Å²) in [5.74, 6) is -2.11. The average Bonchev–Trinajstić information content (AvgIpc) is 2.88. The summed E-state index contributed by atoms with van der Waals surface area (Å²) >= 11 is 7.14. The summed E-state index contributed by atoms with van der Waals surface area (Å²) in [5.41, 5.74) is 0. The number of halogens is 2. The van der Waals surface area contributed by atoms with Crippen LogP contribution in [0.4, 0.5) is 0 Å². The van der Waals surface area contributed by atoms with Crippen molar-refractivity contribution in [1.82, 2.24) is 4.90 Å². The van der Waals surface area contributed by atoms with Crippen LogP contribution >= 0.6 is 31.9 Å². The molecule has 3 fully saturated rings. The van der Waals surface area contributed by atoms with Gasteiger partial charge in [0.1, 0.15) is 6.54 Å². The predicted molar refractivity (Wildman–Crippen MR) is 68.4 cm³/mol. The molecule has 0 aromatic heterocycles. The van der Waals surface area contributed by atoms with E-state index >= 15 is 0 Å². The summed E-state index contributed by atoms with van der Waals surface area (Å²) in [6.07, 6.45) is 0.861. The Labute approximate surface area is 120 Å². The minimum absolute atomic E-state index is 0.139. The molecule has 2 saturated carbocycles. The van der Waals surface area contributed by atoms with Crippen LogP contribution in [0, 0.1) is 23.7 Å². The van der Waals surface area contributed by atoms with Crippen molar-refractivity contribution in [2.75, 3.05) is 6.54 Å². The van der Waals surface area contributed by atoms with Crippen LogP contribution in [-0.2, 0) is 14.4 Å². The summed E-state index contributed by atoms with van der Waals surface area (Å²) < 4.78 is 0. The van der Waals surface area contributed by atoms with Gasteiger partial charge >= 0.3 is 5.97 Å². The Morgan fingerprint density at radius 3 is 2.00 bits per heavy atom. The van der Waals surface area contributed by atoms with Crippen molar-refractivity contribution in [1.29, 1.82) is 0 Å². The molecule has 1 heterocycles. The monoisotopic (exact) mass is 379 g/mol. The van der Waals surface area contributed by atoms with Crippen molar-refractivity contribution in [3.05, 3.63) is 0 Å². The molecule has 1 aliphatic heterocycles. The van der Waals surface area contributed by atoms with Gasteiger partial charge in [0.05, 0.1) is 11.8 Å². The molecule has 1 N–H and O–H groups in total. The Morgan fingerprint density at radius 1 is 1.17 bits per heavy atom. The van der Waals surface area contributed by atoms with Crippen molar-refractivity contribution in [3.63, 3.8) is 0 Å². The molecule has 2 amide bonds. The Bertz CT molecular complexity index is 422. The third kappa shape index (κ3) is 1.46. The molecular weight excluding hydrogens is 370 g/mol. The normalized spacial score (nSPS) is 45.8. The van der Waals surface area contributed by atoms with Crippen molar-refractivity contribution >= 4 is 49.6 Å². The number of carboxylic acids is 1. The lowest BCUT2D eigenvalue weighted by Crippen LogP contribution is -2.37. The van der Waals surface area contributed by atoms with Gasteiger partial charge in [-0.3, -0.25) is 19.3 Å². The average molecular weight is 381 g/mol. The molecule has 3 rings (SSSR count). The molecular formula is C11H11Br2NO4. The maximum absolute atomic E-state index is 12.2. The highest BCUT2D eigenvalue weighted by atomic mass is 79.9. The van der Waals surface area contributed by atoms with Gasteiger partial charge in [0, 0.05) is 9.65 Å². The second-order valence-corrected chi connectivity index (χ2v) is 7.27. The fourth-order valence-electron chi connectivity index (χ4n) is 3.70. The number of carboxylic acid groups (broad SMARTS) is 1. The quantitative estimate of drug-likeness (QED) is 0.569. The lowest BCUT2D eigenvalue weighted by atomic mass is 9.81. The third-order valence-corrected chi connectivity index (χ3v) is 7.58. The van der Waals surface area contributed by atoms with E-state index in [0.29, 0.717) is 0 Å². The van der Waals surface area contributed by atoms with Gasteiger partial charge < -0.3 is 5.11 Å². The largest absolute Gasteiger partial charge is 0.480 e. The van der Waals surface area contributed by atoms with Crippen molar-refractivity contribution in [3.8, 4) is 0 Å². The van der Waals surface area contributed by atoms with Gasteiger partial charge in [0.15, 0.2) is 0 Å². The van der Waals surface area contributed by atoms with Gasteiger partial charge in [-0.05, 0) is 18.3 Å². The number of likely N-dealkylation sites (tertiary alicyclic amines) is 1. The Kier molecular flexibility index (Phi) is 2.82. The first-order valence-electron chi connectivity index (χ1n) is 5.78. The number of hydrogen-bond acceptors (Lipinski definition) is 3. The Morgan fingerprint density at radius 2 is 1.61 bits per heavy atom. The van der Waals surface area contributed by atoms with E-state index in [1.54, 1.807) is 0 Å². The molecule has 0 aromatic carbocycles. The molecule has 2 aliphatic carbocycles. The van der Waals surface area contributed by atoms with Gasteiger partial charge in [-0.1, -0.05) is 31.9 Å². The lowest BCUT2D eigenvalue weighted by Gasteiger charge is -2.28. The molecule has 5 nitrogen and oxygen atoms in total. The second-order valence-electron chi connectivity index (χ2n) is 5.16. The van der Waals surface area contributed by atoms with Crippen LogP contribution < -0.4 is 0 Å². The minimum Gasteiger partial charge on any atom is -0.480 e. The fraction of sp³-hybridized carbons (Fsp3) is 0.727. The number of fused-ring (bicyclic) bond motifs is 5. The van der Waals surface area contributed by atoms with Crippen LogP contribution in [0.1, 0.15) is 6.42 Å². The number of imide groups is 1. The number of carbonyl (C=O) groups excluding carboxylic acids is 2. The molecule has 98 valence electrons. The van der Waals surface area contributed by atoms with Crippen LogP contribution in [-0.4, -0.2) is 44.0 Å². The Hall–Kier alpha value is -0.430.